The zero-order valence-corrected chi connectivity index (χ0v) is 26.4. The molecule has 4 aromatic rings. The summed E-state index contributed by atoms with van der Waals surface area (Å²) in [5, 5.41) is 22.2. The van der Waals surface area contributed by atoms with Gasteiger partial charge in [0.15, 0.2) is 0 Å². The van der Waals surface area contributed by atoms with Crippen molar-refractivity contribution >= 4 is 40.4 Å². The van der Waals surface area contributed by atoms with E-state index in [1.807, 2.05) is 30.3 Å². The van der Waals surface area contributed by atoms with E-state index in [0.717, 1.165) is 5.56 Å². The van der Waals surface area contributed by atoms with E-state index in [0.29, 0.717) is 16.8 Å². The standard InChI is InChI=1S/C31H35N7O6S2/c32-27(21-7-4-8-24(14-21)46(33,43)44)28(45)31(42)38-25(13-19-9-11-23(39)12-10-19)30(41)37-26(15-22-17-34-18-36-22)29(40)35-16-20-5-2-1-3-6-20/h1-12,14,17-18,25-28,39,45H,13,15-16,32H2,(H,34,36)(H,35,40)(H,37,41)(H,38,42)(H2,33,43,44)/p+1/t25?,26?,27-,28-/m0/s1. The van der Waals surface area contributed by atoms with Crippen molar-refractivity contribution in [2.75, 3.05) is 0 Å². The van der Waals surface area contributed by atoms with E-state index in [1.165, 1.54) is 36.7 Å². The number of imidazole rings is 1. The van der Waals surface area contributed by atoms with Crippen LogP contribution in [0.2, 0.25) is 0 Å². The van der Waals surface area contributed by atoms with Crippen LogP contribution in [0.3, 0.4) is 0 Å². The van der Waals surface area contributed by atoms with E-state index in [-0.39, 0.29) is 30.0 Å². The Morgan fingerprint density at radius 3 is 2.22 bits per heavy atom. The quantitative estimate of drug-likeness (QED) is 0.0867. The van der Waals surface area contributed by atoms with Crippen LogP contribution in [0.25, 0.3) is 0 Å². The summed E-state index contributed by atoms with van der Waals surface area (Å²) in [4.78, 5) is 47.3. The van der Waals surface area contributed by atoms with Gasteiger partial charge in [0.25, 0.3) is 0 Å². The van der Waals surface area contributed by atoms with Gasteiger partial charge in [0, 0.05) is 36.8 Å². The van der Waals surface area contributed by atoms with E-state index >= 15 is 0 Å². The molecule has 0 spiro atoms. The van der Waals surface area contributed by atoms with Crippen molar-refractivity contribution in [3.8, 4) is 5.75 Å². The number of aromatic amines is 1. The first kappa shape index (κ1) is 34.2. The number of nitrogens with two attached hydrogens (primary N) is 1. The second-order valence-electron chi connectivity index (χ2n) is 10.6. The summed E-state index contributed by atoms with van der Waals surface area (Å²) in [5.74, 6) is -1.71. The molecule has 3 amide bonds. The van der Waals surface area contributed by atoms with E-state index in [9.17, 15) is 27.9 Å². The molecule has 46 heavy (non-hydrogen) atoms. The fraction of sp³-hybridized carbons (Fsp3) is 0.226. The van der Waals surface area contributed by atoms with Gasteiger partial charge in [-0.15, -0.1) is 0 Å². The fourth-order valence-corrected chi connectivity index (χ4v) is 5.44. The number of amides is 3. The van der Waals surface area contributed by atoms with Crippen LogP contribution in [-0.4, -0.2) is 58.5 Å². The first-order valence-corrected chi connectivity index (χ1v) is 16.3. The number of carbonyl (C=O) groups excluding carboxylic acids is 3. The monoisotopic (exact) mass is 666 g/mol. The normalized spacial score (nSPS) is 14.0. The average molecular weight is 667 g/mol. The topological polar surface area (TPSA) is 224 Å². The van der Waals surface area contributed by atoms with Gasteiger partial charge < -0.3 is 31.8 Å². The number of benzene rings is 3. The van der Waals surface area contributed by atoms with Crippen molar-refractivity contribution in [2.24, 2.45) is 5.14 Å². The Hall–Kier alpha value is -4.70. The molecule has 4 rings (SSSR count). The van der Waals surface area contributed by atoms with Gasteiger partial charge in [0.05, 0.1) is 11.2 Å². The Bertz CT molecular complexity index is 1740. The molecule has 4 atom stereocenters. The SMILES string of the molecule is NS(=O)(=O)c1cccc([C@H]([NH3+])[C@H](S)C(=O)NC(Cc2ccc(O)cc2)C(=O)NC(Cc2cnc[nH]2)C(=O)NCc2ccccc2)c1. The van der Waals surface area contributed by atoms with Crippen LogP contribution in [0.1, 0.15) is 28.4 Å². The summed E-state index contributed by atoms with van der Waals surface area (Å²) < 4.78 is 23.7. The second kappa shape index (κ2) is 15.5. The number of nitrogens with one attached hydrogen (secondary N) is 4. The highest BCUT2D eigenvalue weighted by atomic mass is 32.2. The molecule has 0 saturated carbocycles. The molecule has 3 aromatic carbocycles. The second-order valence-corrected chi connectivity index (χ2v) is 12.8. The molecule has 10 N–H and O–H groups in total. The summed E-state index contributed by atoms with van der Waals surface area (Å²) in [6, 6.07) is 18.1. The molecule has 2 unspecified atom stereocenters. The van der Waals surface area contributed by atoms with Crippen LogP contribution in [0.15, 0.2) is 96.3 Å². The van der Waals surface area contributed by atoms with E-state index in [1.54, 1.807) is 24.4 Å². The Kier molecular flexibility index (Phi) is 11.5. The molecule has 15 heteroatoms. The summed E-state index contributed by atoms with van der Waals surface area (Å²) in [7, 11) is -3.99. The number of quaternary nitrogens is 1. The minimum atomic E-state index is -3.99. The molecule has 0 fully saturated rings. The number of aromatic hydroxyl groups is 1. The van der Waals surface area contributed by atoms with Crippen molar-refractivity contribution in [1.82, 2.24) is 25.9 Å². The molecule has 13 nitrogen and oxygen atoms in total. The third-order valence-corrected chi connectivity index (χ3v) is 8.70. The highest BCUT2D eigenvalue weighted by Gasteiger charge is 2.32. The summed E-state index contributed by atoms with van der Waals surface area (Å²) >= 11 is 4.45. The lowest BCUT2D eigenvalue weighted by Crippen LogP contribution is -2.62. The average Bonchev–Trinajstić information content (AvgIpc) is 3.56. The third kappa shape index (κ3) is 9.65. The Morgan fingerprint density at radius 1 is 0.891 bits per heavy atom. The molecule has 0 aliphatic carbocycles. The van der Waals surface area contributed by atoms with Crippen LogP contribution in [0.4, 0.5) is 0 Å². The van der Waals surface area contributed by atoms with Gasteiger partial charge in [-0.3, -0.25) is 14.4 Å². The third-order valence-electron chi connectivity index (χ3n) is 7.20. The zero-order valence-electron chi connectivity index (χ0n) is 24.7. The number of sulfonamides is 1. The molecule has 0 aliphatic heterocycles. The molecule has 1 aromatic heterocycles. The maximum atomic E-state index is 13.8. The van der Waals surface area contributed by atoms with E-state index < -0.39 is 51.1 Å². The summed E-state index contributed by atoms with van der Waals surface area (Å²) in [5.41, 5.74) is 6.50. The lowest BCUT2D eigenvalue weighted by atomic mass is 10.0. The first-order chi connectivity index (χ1) is 21.9. The van der Waals surface area contributed by atoms with Gasteiger partial charge in [0.1, 0.15) is 29.1 Å². The van der Waals surface area contributed by atoms with Gasteiger partial charge in [-0.05, 0) is 35.4 Å². The number of aromatic nitrogens is 2. The molecular weight excluding hydrogens is 631 g/mol. The number of phenols is 1. The number of nitrogens with zero attached hydrogens (tertiary/aromatic N) is 1. The number of thiol groups is 1. The molecular formula is C31H36N7O6S2+. The van der Waals surface area contributed by atoms with Crippen molar-refractivity contribution in [3.63, 3.8) is 0 Å². The minimum absolute atomic E-state index is 0.0173. The maximum absolute atomic E-state index is 13.8. The van der Waals surface area contributed by atoms with Crippen LogP contribution < -0.4 is 26.8 Å². The lowest BCUT2D eigenvalue weighted by Gasteiger charge is -2.25. The van der Waals surface area contributed by atoms with Gasteiger partial charge in [-0.25, -0.2) is 18.5 Å². The van der Waals surface area contributed by atoms with Gasteiger partial charge in [-0.1, -0.05) is 54.6 Å². The van der Waals surface area contributed by atoms with Gasteiger partial charge in [-0.2, -0.15) is 12.6 Å². The predicted molar refractivity (Wildman–Crippen MR) is 172 cm³/mol. The zero-order chi connectivity index (χ0) is 33.3. The molecule has 1 heterocycles. The Morgan fingerprint density at radius 2 is 1.57 bits per heavy atom. The Labute approximate surface area is 271 Å². The van der Waals surface area contributed by atoms with Crippen molar-refractivity contribution in [2.45, 2.75) is 47.7 Å². The van der Waals surface area contributed by atoms with Crippen molar-refractivity contribution < 1.29 is 33.6 Å². The van der Waals surface area contributed by atoms with E-state index in [4.69, 9.17) is 5.14 Å². The molecule has 0 radical (unpaired) electrons. The number of primary sulfonamides is 1. The number of hydrogen-bond acceptors (Lipinski definition) is 8. The van der Waals surface area contributed by atoms with Crippen molar-refractivity contribution in [3.05, 3.63) is 114 Å². The van der Waals surface area contributed by atoms with Gasteiger partial charge in [0.2, 0.25) is 27.7 Å². The van der Waals surface area contributed by atoms with Crippen LogP contribution >= 0.6 is 12.6 Å². The highest BCUT2D eigenvalue weighted by molar-refractivity contribution is 7.89. The summed E-state index contributed by atoms with van der Waals surface area (Å²) in [6.45, 7) is 0.238. The molecule has 0 saturated heterocycles. The fourth-order valence-electron chi connectivity index (χ4n) is 4.63. The maximum Gasteiger partial charge on any atom is 0.243 e. The lowest BCUT2D eigenvalue weighted by molar-refractivity contribution is -0.423. The number of H-pyrrole nitrogens is 1. The smallest absolute Gasteiger partial charge is 0.243 e. The number of carbonyl (C=O) groups is 3. The Balaban J connectivity index is 1.54. The molecule has 242 valence electrons. The van der Waals surface area contributed by atoms with Crippen LogP contribution in [0, 0.1) is 0 Å². The highest BCUT2D eigenvalue weighted by Crippen LogP contribution is 2.20. The summed E-state index contributed by atoms with van der Waals surface area (Å²) in [6.07, 6.45) is 3.13. The number of rotatable bonds is 14. The van der Waals surface area contributed by atoms with Crippen molar-refractivity contribution in [1.29, 1.82) is 0 Å². The molecule has 0 bridgehead atoms. The minimum Gasteiger partial charge on any atom is -0.508 e. The predicted octanol–water partition coefficient (Wildman–Crippen LogP) is 0.116. The first-order valence-electron chi connectivity index (χ1n) is 14.2. The number of hydrogen-bond donors (Lipinski definition) is 8. The van der Waals surface area contributed by atoms with Crippen LogP contribution in [-0.2, 0) is 43.8 Å². The van der Waals surface area contributed by atoms with E-state index in [2.05, 4.69) is 44.3 Å². The largest absolute Gasteiger partial charge is 0.508 e. The number of phenolic OH excluding ortho intramolecular Hbond substituents is 1. The molecule has 0 aliphatic rings. The van der Waals surface area contributed by atoms with Gasteiger partial charge >= 0.3 is 0 Å². The van der Waals surface area contributed by atoms with Crippen LogP contribution in [0.5, 0.6) is 5.75 Å².